The first-order valence-electron chi connectivity index (χ1n) is 11.1. The number of rotatable bonds is 3. The van der Waals surface area contributed by atoms with Gasteiger partial charge in [0, 0.05) is 12.0 Å². The Morgan fingerprint density at radius 2 is 1.08 bits per heavy atom. The van der Waals surface area contributed by atoms with Crippen molar-refractivity contribution >= 4 is 5.91 Å². The van der Waals surface area contributed by atoms with Crippen molar-refractivity contribution in [2.24, 2.45) is 17.8 Å². The van der Waals surface area contributed by atoms with Gasteiger partial charge in [0.15, 0.2) is 0 Å². The molecule has 0 aromatic carbocycles. The van der Waals surface area contributed by atoms with E-state index >= 15 is 0 Å². The highest BCUT2D eigenvalue weighted by molar-refractivity contribution is 5.78. The van der Waals surface area contributed by atoms with Crippen LogP contribution < -0.4 is 5.32 Å². The second-order valence-electron chi connectivity index (χ2n) is 8.91. The van der Waals surface area contributed by atoms with Gasteiger partial charge in [-0.15, -0.1) is 0 Å². The molecule has 3 aliphatic rings. The molecule has 24 heavy (non-hydrogen) atoms. The highest BCUT2D eigenvalue weighted by Gasteiger charge is 2.28. The zero-order chi connectivity index (χ0) is 16.6. The van der Waals surface area contributed by atoms with Gasteiger partial charge in [-0.3, -0.25) is 4.79 Å². The van der Waals surface area contributed by atoms with Gasteiger partial charge < -0.3 is 5.32 Å². The standard InChI is InChI=1S/C22H39NO/c24-22(20-12-7-3-4-8-13-20)23-21-15-9-14-19(16-17-21)18-10-5-1-2-6-11-18/h18-21H,1-17H2,(H,23,24). The monoisotopic (exact) mass is 333 g/mol. The van der Waals surface area contributed by atoms with Crippen molar-refractivity contribution in [3.8, 4) is 0 Å². The van der Waals surface area contributed by atoms with Crippen molar-refractivity contribution in [1.29, 1.82) is 0 Å². The Morgan fingerprint density at radius 3 is 1.75 bits per heavy atom. The third kappa shape index (κ3) is 5.49. The molecule has 3 saturated carbocycles. The Balaban J connectivity index is 1.45. The van der Waals surface area contributed by atoms with Crippen LogP contribution in [0.5, 0.6) is 0 Å². The summed E-state index contributed by atoms with van der Waals surface area (Å²) in [4.78, 5) is 12.6. The van der Waals surface area contributed by atoms with Crippen molar-refractivity contribution in [1.82, 2.24) is 5.32 Å². The van der Waals surface area contributed by atoms with Gasteiger partial charge in [0.05, 0.1) is 0 Å². The third-order valence-electron chi connectivity index (χ3n) is 7.15. The van der Waals surface area contributed by atoms with E-state index in [1.54, 1.807) is 0 Å². The molecule has 0 spiro atoms. The number of carbonyl (C=O) groups is 1. The number of hydrogen-bond acceptors (Lipinski definition) is 1. The van der Waals surface area contributed by atoms with Gasteiger partial charge in [-0.2, -0.15) is 0 Å². The van der Waals surface area contributed by atoms with E-state index in [1.165, 1.54) is 96.3 Å². The minimum Gasteiger partial charge on any atom is -0.353 e. The van der Waals surface area contributed by atoms with E-state index < -0.39 is 0 Å². The molecule has 0 saturated heterocycles. The Bertz CT molecular complexity index is 364. The van der Waals surface area contributed by atoms with Crippen LogP contribution in [-0.2, 0) is 4.79 Å². The number of carbonyl (C=O) groups excluding carboxylic acids is 1. The molecule has 3 fully saturated rings. The van der Waals surface area contributed by atoms with E-state index in [0.29, 0.717) is 17.9 Å². The van der Waals surface area contributed by atoms with Crippen LogP contribution >= 0.6 is 0 Å². The predicted molar refractivity (Wildman–Crippen MR) is 101 cm³/mol. The fourth-order valence-corrected chi connectivity index (χ4v) is 5.59. The molecule has 138 valence electrons. The number of hydrogen-bond donors (Lipinski definition) is 1. The van der Waals surface area contributed by atoms with Gasteiger partial charge in [0.25, 0.3) is 0 Å². The number of amides is 1. The van der Waals surface area contributed by atoms with Crippen molar-refractivity contribution < 1.29 is 4.79 Å². The molecule has 0 heterocycles. The average molecular weight is 334 g/mol. The van der Waals surface area contributed by atoms with Gasteiger partial charge in [0.2, 0.25) is 5.91 Å². The Labute approximate surface area is 149 Å². The fraction of sp³-hybridized carbons (Fsp3) is 0.955. The topological polar surface area (TPSA) is 29.1 Å². The number of nitrogens with one attached hydrogen (secondary N) is 1. The molecule has 3 rings (SSSR count). The maximum absolute atomic E-state index is 12.6. The molecule has 2 atom stereocenters. The van der Waals surface area contributed by atoms with Crippen LogP contribution in [0.2, 0.25) is 0 Å². The van der Waals surface area contributed by atoms with E-state index in [-0.39, 0.29) is 0 Å². The SMILES string of the molecule is O=C(NC1CCCC(C2CCCCCC2)CC1)C1CCCCCC1. The van der Waals surface area contributed by atoms with Crippen LogP contribution in [0.1, 0.15) is 109 Å². The lowest BCUT2D eigenvalue weighted by molar-refractivity contribution is -0.126. The summed E-state index contributed by atoms with van der Waals surface area (Å²) in [5, 5.41) is 3.45. The predicted octanol–water partition coefficient (Wildman–Crippen LogP) is 5.99. The van der Waals surface area contributed by atoms with E-state index in [4.69, 9.17) is 0 Å². The van der Waals surface area contributed by atoms with Crippen LogP contribution in [0.15, 0.2) is 0 Å². The lowest BCUT2D eigenvalue weighted by atomic mass is 9.81. The molecule has 1 N–H and O–H groups in total. The van der Waals surface area contributed by atoms with E-state index in [1.807, 2.05) is 0 Å². The molecule has 0 aliphatic heterocycles. The average Bonchev–Trinajstić information content (AvgIpc) is 3.09. The molecule has 0 aromatic rings. The Morgan fingerprint density at radius 1 is 0.542 bits per heavy atom. The second-order valence-corrected chi connectivity index (χ2v) is 8.91. The molecule has 3 aliphatic carbocycles. The van der Waals surface area contributed by atoms with Crippen LogP contribution in [0, 0.1) is 17.8 Å². The molecule has 0 aromatic heterocycles. The summed E-state index contributed by atoms with van der Waals surface area (Å²) in [7, 11) is 0. The van der Waals surface area contributed by atoms with Crippen LogP contribution in [0.25, 0.3) is 0 Å². The highest BCUT2D eigenvalue weighted by Crippen LogP contribution is 2.37. The largest absolute Gasteiger partial charge is 0.353 e. The summed E-state index contributed by atoms with van der Waals surface area (Å²) in [6, 6.07) is 0.469. The Kier molecular flexibility index (Phi) is 7.48. The van der Waals surface area contributed by atoms with Gasteiger partial charge in [-0.05, 0) is 43.9 Å². The maximum atomic E-state index is 12.6. The normalized spacial score (nSPS) is 31.7. The zero-order valence-corrected chi connectivity index (χ0v) is 15.7. The fourth-order valence-electron chi connectivity index (χ4n) is 5.59. The van der Waals surface area contributed by atoms with Crippen molar-refractivity contribution in [2.75, 3.05) is 0 Å². The lowest BCUT2D eigenvalue weighted by Gasteiger charge is -2.25. The van der Waals surface area contributed by atoms with Gasteiger partial charge >= 0.3 is 0 Å². The zero-order valence-electron chi connectivity index (χ0n) is 15.7. The molecule has 1 amide bonds. The molecular weight excluding hydrogens is 294 g/mol. The minimum absolute atomic E-state index is 0.313. The van der Waals surface area contributed by atoms with E-state index in [2.05, 4.69) is 5.32 Å². The molecule has 2 nitrogen and oxygen atoms in total. The summed E-state index contributed by atoms with van der Waals surface area (Å²) in [5.74, 6) is 2.63. The van der Waals surface area contributed by atoms with Crippen molar-refractivity contribution in [3.05, 3.63) is 0 Å². The molecule has 2 heteroatoms. The first-order chi connectivity index (χ1) is 11.8. The Hall–Kier alpha value is -0.530. The summed E-state index contributed by atoms with van der Waals surface area (Å²) in [5.41, 5.74) is 0. The second kappa shape index (κ2) is 9.82. The van der Waals surface area contributed by atoms with Crippen LogP contribution in [-0.4, -0.2) is 11.9 Å². The van der Waals surface area contributed by atoms with Gasteiger partial charge in [0.1, 0.15) is 0 Å². The van der Waals surface area contributed by atoms with E-state index in [9.17, 15) is 4.79 Å². The van der Waals surface area contributed by atoms with Crippen molar-refractivity contribution in [2.45, 2.75) is 115 Å². The van der Waals surface area contributed by atoms with Crippen LogP contribution in [0.3, 0.4) is 0 Å². The van der Waals surface area contributed by atoms with Crippen LogP contribution in [0.4, 0.5) is 0 Å². The van der Waals surface area contributed by atoms with Gasteiger partial charge in [-0.1, -0.05) is 77.0 Å². The smallest absolute Gasteiger partial charge is 0.223 e. The molecule has 0 bridgehead atoms. The maximum Gasteiger partial charge on any atom is 0.223 e. The highest BCUT2D eigenvalue weighted by atomic mass is 16.1. The first kappa shape index (κ1) is 18.3. The lowest BCUT2D eigenvalue weighted by Crippen LogP contribution is -2.38. The summed E-state index contributed by atoms with van der Waals surface area (Å²) in [6.45, 7) is 0. The summed E-state index contributed by atoms with van der Waals surface area (Å²) >= 11 is 0. The van der Waals surface area contributed by atoms with Crippen molar-refractivity contribution in [3.63, 3.8) is 0 Å². The third-order valence-corrected chi connectivity index (χ3v) is 7.15. The minimum atomic E-state index is 0.313. The molecular formula is C22H39NO. The first-order valence-corrected chi connectivity index (χ1v) is 11.1. The summed E-state index contributed by atoms with van der Waals surface area (Å²) in [6.07, 6.45) is 22.8. The molecule has 0 radical (unpaired) electrons. The van der Waals surface area contributed by atoms with E-state index in [0.717, 1.165) is 24.7 Å². The summed E-state index contributed by atoms with van der Waals surface area (Å²) < 4.78 is 0. The molecule has 2 unspecified atom stereocenters. The quantitative estimate of drug-likeness (QED) is 0.631. The van der Waals surface area contributed by atoms with Gasteiger partial charge in [-0.25, -0.2) is 0 Å².